The van der Waals surface area contributed by atoms with E-state index in [4.69, 9.17) is 23.1 Å². The van der Waals surface area contributed by atoms with Crippen LogP contribution in [0.3, 0.4) is 0 Å². The first kappa shape index (κ1) is 28.5. The summed E-state index contributed by atoms with van der Waals surface area (Å²) >= 11 is 6.95. The van der Waals surface area contributed by atoms with Gasteiger partial charge in [-0.2, -0.15) is 0 Å². The molecule has 1 heterocycles. The summed E-state index contributed by atoms with van der Waals surface area (Å²) in [5, 5.41) is 39.1. The van der Waals surface area contributed by atoms with Gasteiger partial charge < -0.3 is 37.4 Å². The number of benzene rings is 1. The van der Waals surface area contributed by atoms with Crippen LogP contribution in [-0.4, -0.2) is 56.7 Å². The van der Waals surface area contributed by atoms with E-state index in [0.29, 0.717) is 11.4 Å². The molecule has 0 aliphatic rings. The number of nitrogens with zero attached hydrogens (tertiary/aromatic N) is 2. The summed E-state index contributed by atoms with van der Waals surface area (Å²) in [6.45, 7) is 3.62. The molecular weight excluding hydrogens is 496 g/mol. The van der Waals surface area contributed by atoms with Gasteiger partial charge in [-0.15, -0.1) is 11.3 Å². The standard InChI is InChI=1S/C22H31ClN6O5S/c1-12(2)16(29-19(32)17(30)13-5-3-6-14(23)11-13)18(31)28-15(7-4-8-27-21(24)25)22(33,34)20-26-9-10-35-20/h3,5-6,9-12,15-17,30,33-34H,4,7-8H2,1-2H3,(H,28,31)(H,29,32)(H4,24,25,27)/t15-,16-,17+/m0/s1. The Kier molecular flexibility index (Phi) is 10.4. The number of nitrogens with two attached hydrogens (primary N) is 2. The predicted molar refractivity (Wildman–Crippen MR) is 133 cm³/mol. The summed E-state index contributed by atoms with van der Waals surface area (Å²) in [5.41, 5.74) is 10.9. The summed E-state index contributed by atoms with van der Waals surface area (Å²) in [6.07, 6.45) is 0.277. The second-order valence-electron chi connectivity index (χ2n) is 8.26. The Morgan fingerprint density at radius 3 is 2.51 bits per heavy atom. The van der Waals surface area contributed by atoms with E-state index >= 15 is 0 Å². The number of halogens is 1. The average molecular weight is 527 g/mol. The fraction of sp³-hybridized carbons (Fsp3) is 0.455. The largest absolute Gasteiger partial charge is 0.378 e. The zero-order valence-corrected chi connectivity index (χ0v) is 21.0. The third kappa shape index (κ3) is 8.15. The molecule has 0 saturated heterocycles. The van der Waals surface area contributed by atoms with Gasteiger partial charge in [0.15, 0.2) is 17.1 Å². The normalized spacial score (nSPS) is 14.1. The minimum atomic E-state index is -2.48. The van der Waals surface area contributed by atoms with Gasteiger partial charge in [0.25, 0.3) is 5.91 Å². The van der Waals surface area contributed by atoms with E-state index < -0.39 is 35.8 Å². The van der Waals surface area contributed by atoms with Crippen LogP contribution in [0.4, 0.5) is 0 Å². The number of aliphatic imine (C=N–C) groups is 1. The van der Waals surface area contributed by atoms with E-state index in [1.807, 2.05) is 0 Å². The Labute approximate surface area is 212 Å². The topological polar surface area (TPSA) is 196 Å². The highest BCUT2D eigenvalue weighted by molar-refractivity contribution is 7.09. The maximum atomic E-state index is 13.2. The van der Waals surface area contributed by atoms with Crippen molar-refractivity contribution in [1.29, 1.82) is 0 Å². The first-order valence-corrected chi connectivity index (χ1v) is 12.1. The maximum absolute atomic E-state index is 13.2. The van der Waals surface area contributed by atoms with Crippen molar-refractivity contribution >= 4 is 40.7 Å². The molecule has 11 nitrogen and oxygen atoms in total. The molecule has 1 aromatic heterocycles. The Morgan fingerprint density at radius 1 is 1.23 bits per heavy atom. The number of carbonyl (C=O) groups is 2. The van der Waals surface area contributed by atoms with Crippen LogP contribution in [0, 0.1) is 5.92 Å². The van der Waals surface area contributed by atoms with Crippen molar-refractivity contribution in [3.63, 3.8) is 0 Å². The number of thiazole rings is 1. The highest BCUT2D eigenvalue weighted by atomic mass is 35.5. The zero-order valence-electron chi connectivity index (χ0n) is 19.4. The lowest BCUT2D eigenvalue weighted by atomic mass is 9.98. The number of amides is 2. The SMILES string of the molecule is CC(C)[C@H](NC(=O)[C@H](O)c1cccc(Cl)c1)C(=O)N[C@@H](CCCN=C(N)N)C(O)(O)c1nccs1. The van der Waals surface area contributed by atoms with Crippen LogP contribution < -0.4 is 22.1 Å². The van der Waals surface area contributed by atoms with Crippen molar-refractivity contribution in [3.05, 3.63) is 51.4 Å². The molecule has 192 valence electrons. The average Bonchev–Trinajstić information content (AvgIpc) is 3.34. The fourth-order valence-electron chi connectivity index (χ4n) is 3.29. The van der Waals surface area contributed by atoms with Gasteiger partial charge in [-0.1, -0.05) is 37.6 Å². The fourth-order valence-corrected chi connectivity index (χ4v) is 4.18. The highest BCUT2D eigenvalue weighted by Gasteiger charge is 2.41. The second-order valence-corrected chi connectivity index (χ2v) is 9.59. The Bertz CT molecular complexity index is 1010. The molecule has 2 amide bonds. The van der Waals surface area contributed by atoms with Crippen LogP contribution in [0.2, 0.25) is 5.02 Å². The van der Waals surface area contributed by atoms with Gasteiger partial charge in [0, 0.05) is 23.1 Å². The van der Waals surface area contributed by atoms with Gasteiger partial charge in [-0.25, -0.2) is 4.98 Å². The molecule has 0 bridgehead atoms. The van der Waals surface area contributed by atoms with Gasteiger partial charge in [-0.3, -0.25) is 14.6 Å². The molecule has 1 aromatic carbocycles. The molecule has 35 heavy (non-hydrogen) atoms. The third-order valence-electron chi connectivity index (χ3n) is 5.15. The Morgan fingerprint density at radius 2 is 1.94 bits per heavy atom. The monoisotopic (exact) mass is 526 g/mol. The Hall–Kier alpha value is -2.77. The van der Waals surface area contributed by atoms with Crippen LogP contribution in [0.15, 0.2) is 40.8 Å². The number of rotatable bonds is 12. The molecule has 0 unspecified atom stereocenters. The van der Waals surface area contributed by atoms with Crippen molar-refractivity contribution in [1.82, 2.24) is 15.6 Å². The van der Waals surface area contributed by atoms with Crippen molar-refractivity contribution in [3.8, 4) is 0 Å². The van der Waals surface area contributed by atoms with E-state index in [-0.39, 0.29) is 35.4 Å². The number of aliphatic hydroxyl groups excluding tert-OH is 1. The lowest BCUT2D eigenvalue weighted by Gasteiger charge is -2.32. The lowest BCUT2D eigenvalue weighted by Crippen LogP contribution is -2.57. The van der Waals surface area contributed by atoms with Crippen LogP contribution in [-0.2, 0) is 15.4 Å². The molecule has 0 spiro atoms. The van der Waals surface area contributed by atoms with Crippen molar-refractivity contribution in [2.75, 3.05) is 6.54 Å². The zero-order chi connectivity index (χ0) is 26.2. The van der Waals surface area contributed by atoms with Crippen molar-refractivity contribution in [2.45, 2.75) is 50.7 Å². The third-order valence-corrected chi connectivity index (χ3v) is 6.28. The smallest absolute Gasteiger partial charge is 0.254 e. The summed E-state index contributed by atoms with van der Waals surface area (Å²) in [5.74, 6) is -4.44. The van der Waals surface area contributed by atoms with Crippen LogP contribution in [0.5, 0.6) is 0 Å². The van der Waals surface area contributed by atoms with E-state index in [1.54, 1.807) is 31.4 Å². The summed E-state index contributed by atoms with van der Waals surface area (Å²) in [4.78, 5) is 33.7. The second kappa shape index (κ2) is 12.8. The number of guanidine groups is 1. The number of carbonyl (C=O) groups excluding carboxylic acids is 2. The molecular formula is C22H31ClN6O5S. The van der Waals surface area contributed by atoms with Gasteiger partial charge in [0.2, 0.25) is 11.7 Å². The molecule has 3 atom stereocenters. The highest BCUT2D eigenvalue weighted by Crippen LogP contribution is 2.27. The van der Waals surface area contributed by atoms with E-state index in [9.17, 15) is 24.9 Å². The van der Waals surface area contributed by atoms with Gasteiger partial charge in [-0.05, 0) is 36.5 Å². The van der Waals surface area contributed by atoms with E-state index in [2.05, 4.69) is 20.6 Å². The van der Waals surface area contributed by atoms with Gasteiger partial charge >= 0.3 is 0 Å². The molecule has 0 saturated carbocycles. The van der Waals surface area contributed by atoms with Crippen LogP contribution >= 0.6 is 22.9 Å². The van der Waals surface area contributed by atoms with Crippen LogP contribution in [0.1, 0.15) is 43.4 Å². The first-order valence-electron chi connectivity index (χ1n) is 10.9. The molecule has 0 aliphatic heterocycles. The summed E-state index contributed by atoms with van der Waals surface area (Å²) < 4.78 is 0. The van der Waals surface area contributed by atoms with Gasteiger partial charge in [0.1, 0.15) is 6.04 Å². The minimum absolute atomic E-state index is 0.00819. The predicted octanol–water partition coefficient (Wildman–Crippen LogP) is 0.347. The molecule has 9 N–H and O–H groups in total. The van der Waals surface area contributed by atoms with Crippen LogP contribution in [0.25, 0.3) is 0 Å². The molecule has 13 heteroatoms. The number of hydrogen-bond acceptors (Lipinski definition) is 8. The first-order chi connectivity index (χ1) is 16.4. The molecule has 0 fully saturated rings. The number of aromatic nitrogens is 1. The molecule has 0 radical (unpaired) electrons. The molecule has 0 aliphatic carbocycles. The summed E-state index contributed by atoms with van der Waals surface area (Å²) in [6, 6.07) is 3.91. The molecule has 2 aromatic rings. The number of aliphatic hydroxyl groups is 3. The minimum Gasteiger partial charge on any atom is -0.378 e. The summed E-state index contributed by atoms with van der Waals surface area (Å²) in [7, 11) is 0. The van der Waals surface area contributed by atoms with Gasteiger partial charge in [0.05, 0.1) is 6.04 Å². The Balaban J connectivity index is 2.18. The van der Waals surface area contributed by atoms with Crippen molar-refractivity contribution in [2.24, 2.45) is 22.4 Å². The van der Waals surface area contributed by atoms with E-state index in [0.717, 1.165) is 11.3 Å². The van der Waals surface area contributed by atoms with Crippen molar-refractivity contribution < 1.29 is 24.9 Å². The number of hydrogen-bond donors (Lipinski definition) is 7. The van der Waals surface area contributed by atoms with E-state index in [1.165, 1.54) is 18.3 Å². The maximum Gasteiger partial charge on any atom is 0.254 e. The quantitative estimate of drug-likeness (QED) is 0.0889. The lowest BCUT2D eigenvalue weighted by molar-refractivity contribution is -0.196. The number of nitrogens with one attached hydrogen (secondary N) is 2. The molecule has 2 rings (SSSR count).